The maximum atomic E-state index is 13.3. The van der Waals surface area contributed by atoms with E-state index >= 15 is 0 Å². The lowest BCUT2D eigenvalue weighted by atomic mass is 9.95. The smallest absolute Gasteiger partial charge is 0.273 e. The van der Waals surface area contributed by atoms with Crippen LogP contribution in [0.5, 0.6) is 0 Å². The fourth-order valence-electron chi connectivity index (χ4n) is 4.03. The number of rotatable bonds is 5. The number of aromatic nitrogens is 2. The van der Waals surface area contributed by atoms with Gasteiger partial charge in [0.2, 0.25) is 0 Å². The van der Waals surface area contributed by atoms with Crippen molar-refractivity contribution in [2.45, 2.75) is 25.9 Å². The molecule has 0 saturated heterocycles. The van der Waals surface area contributed by atoms with Crippen LogP contribution in [-0.4, -0.2) is 21.0 Å². The molecule has 0 radical (unpaired) electrons. The van der Waals surface area contributed by atoms with Gasteiger partial charge in [0, 0.05) is 11.1 Å². The largest absolute Gasteiger partial charge is 0.467 e. The Morgan fingerprint density at radius 1 is 1.03 bits per heavy atom. The molecular weight excluding hydrogens is 362 g/mol. The monoisotopic (exact) mass is 383 g/mol. The summed E-state index contributed by atoms with van der Waals surface area (Å²) in [7, 11) is 0. The lowest BCUT2D eigenvalue weighted by Crippen LogP contribution is -2.29. The highest BCUT2D eigenvalue weighted by atomic mass is 16.3. The van der Waals surface area contributed by atoms with Gasteiger partial charge in [0.1, 0.15) is 11.5 Å². The Morgan fingerprint density at radius 2 is 1.83 bits per heavy atom. The molecule has 4 aromatic rings. The maximum Gasteiger partial charge on any atom is 0.273 e. The number of amides is 1. The van der Waals surface area contributed by atoms with E-state index in [0.717, 1.165) is 34.6 Å². The molecule has 5 nitrogen and oxygen atoms in total. The Morgan fingerprint density at radius 3 is 2.52 bits per heavy atom. The molecule has 29 heavy (non-hydrogen) atoms. The molecule has 1 aliphatic heterocycles. The zero-order valence-electron chi connectivity index (χ0n) is 16.1. The van der Waals surface area contributed by atoms with Crippen molar-refractivity contribution in [3.8, 4) is 11.3 Å². The Bertz CT molecular complexity index is 1130. The number of hydrogen-bond acceptors (Lipinski definition) is 3. The number of aryl methyl sites for hydroxylation is 1. The minimum absolute atomic E-state index is 0.0596. The molecule has 3 heterocycles. The molecular formula is C24H21N3O2. The van der Waals surface area contributed by atoms with Gasteiger partial charge in [0.25, 0.3) is 5.91 Å². The van der Waals surface area contributed by atoms with E-state index in [4.69, 9.17) is 4.42 Å². The number of benzene rings is 2. The van der Waals surface area contributed by atoms with Crippen LogP contribution in [0.15, 0.2) is 77.4 Å². The molecule has 0 spiro atoms. The van der Waals surface area contributed by atoms with Gasteiger partial charge in [-0.1, -0.05) is 61.5 Å². The predicted molar refractivity (Wildman–Crippen MR) is 110 cm³/mol. The molecule has 2 aromatic heterocycles. The number of hydrogen-bond donors (Lipinski definition) is 1. The summed E-state index contributed by atoms with van der Waals surface area (Å²) in [6.45, 7) is 2.54. The van der Waals surface area contributed by atoms with E-state index in [1.54, 1.807) is 6.26 Å². The lowest BCUT2D eigenvalue weighted by Gasteiger charge is -2.25. The van der Waals surface area contributed by atoms with E-state index in [-0.39, 0.29) is 11.9 Å². The van der Waals surface area contributed by atoms with Gasteiger partial charge >= 0.3 is 0 Å². The van der Waals surface area contributed by atoms with Crippen molar-refractivity contribution in [1.82, 2.24) is 15.1 Å². The van der Waals surface area contributed by atoms with Crippen molar-refractivity contribution in [1.29, 1.82) is 0 Å². The number of aromatic amines is 1. The zero-order valence-corrected chi connectivity index (χ0v) is 16.1. The maximum absolute atomic E-state index is 13.3. The van der Waals surface area contributed by atoms with Gasteiger partial charge in [-0.05, 0) is 29.7 Å². The predicted octanol–water partition coefficient (Wildman–Crippen LogP) is 4.98. The number of carbonyl (C=O) groups excluding carboxylic acids is 1. The molecule has 144 valence electrons. The Hall–Kier alpha value is -3.60. The van der Waals surface area contributed by atoms with Crippen molar-refractivity contribution in [3.63, 3.8) is 0 Å². The van der Waals surface area contributed by atoms with Crippen molar-refractivity contribution < 1.29 is 9.21 Å². The van der Waals surface area contributed by atoms with E-state index in [1.807, 2.05) is 47.4 Å². The Balaban J connectivity index is 1.65. The number of nitrogens with one attached hydrogen (secondary N) is 1. The van der Waals surface area contributed by atoms with Crippen molar-refractivity contribution in [2.75, 3.05) is 0 Å². The van der Waals surface area contributed by atoms with E-state index in [0.29, 0.717) is 12.2 Å². The molecule has 0 fully saturated rings. The fraction of sp³-hybridized carbons (Fsp3) is 0.167. The first kappa shape index (κ1) is 17.5. The van der Waals surface area contributed by atoms with Gasteiger partial charge in [-0.15, -0.1) is 0 Å². The fourth-order valence-corrected chi connectivity index (χ4v) is 4.03. The van der Waals surface area contributed by atoms with E-state index in [2.05, 4.69) is 41.4 Å². The van der Waals surface area contributed by atoms with Crippen molar-refractivity contribution in [3.05, 3.63) is 101 Å². The average molecular weight is 383 g/mol. The van der Waals surface area contributed by atoms with Crippen LogP contribution in [0, 0.1) is 0 Å². The lowest BCUT2D eigenvalue weighted by molar-refractivity contribution is 0.0717. The number of nitrogens with zero attached hydrogens (tertiary/aromatic N) is 2. The first-order valence-electron chi connectivity index (χ1n) is 9.82. The van der Waals surface area contributed by atoms with E-state index in [9.17, 15) is 4.79 Å². The van der Waals surface area contributed by atoms with Gasteiger partial charge in [0.05, 0.1) is 24.5 Å². The van der Waals surface area contributed by atoms with Gasteiger partial charge in [-0.3, -0.25) is 9.89 Å². The minimum atomic E-state index is -0.220. The highest BCUT2D eigenvalue weighted by Crippen LogP contribution is 2.43. The van der Waals surface area contributed by atoms with E-state index in [1.165, 1.54) is 5.56 Å². The normalized spacial score (nSPS) is 15.7. The number of fused-ring (bicyclic) bond motifs is 1. The molecule has 2 aromatic carbocycles. The summed E-state index contributed by atoms with van der Waals surface area (Å²) in [5.41, 5.74) is 5.64. The van der Waals surface area contributed by atoms with Crippen LogP contribution in [-0.2, 0) is 13.0 Å². The zero-order chi connectivity index (χ0) is 19.8. The van der Waals surface area contributed by atoms with Crippen molar-refractivity contribution in [2.24, 2.45) is 0 Å². The molecule has 0 saturated carbocycles. The van der Waals surface area contributed by atoms with Crippen molar-refractivity contribution >= 4 is 5.91 Å². The van der Waals surface area contributed by atoms with Crippen LogP contribution in [0.4, 0.5) is 0 Å². The van der Waals surface area contributed by atoms with Crippen LogP contribution in [0.25, 0.3) is 11.3 Å². The summed E-state index contributed by atoms with van der Waals surface area (Å²) < 4.78 is 5.54. The second kappa shape index (κ2) is 7.09. The molecule has 1 unspecified atom stereocenters. The summed E-state index contributed by atoms with van der Waals surface area (Å²) in [6.07, 6.45) is 2.61. The summed E-state index contributed by atoms with van der Waals surface area (Å²) >= 11 is 0. The van der Waals surface area contributed by atoms with Crippen LogP contribution in [0.2, 0.25) is 0 Å². The second-order valence-electron chi connectivity index (χ2n) is 7.24. The molecule has 5 rings (SSSR count). The molecule has 5 heteroatoms. The topological polar surface area (TPSA) is 62.1 Å². The Labute approximate surface area is 169 Å². The first-order chi connectivity index (χ1) is 14.3. The van der Waals surface area contributed by atoms with Crippen LogP contribution in [0.3, 0.4) is 0 Å². The third-order valence-corrected chi connectivity index (χ3v) is 5.52. The highest BCUT2D eigenvalue weighted by molar-refractivity contribution is 6.00. The number of furan rings is 1. The molecule has 1 amide bonds. The van der Waals surface area contributed by atoms with E-state index < -0.39 is 0 Å². The first-order valence-corrected chi connectivity index (χ1v) is 9.82. The molecule has 1 atom stereocenters. The average Bonchev–Trinajstić information content (AvgIpc) is 3.49. The third-order valence-electron chi connectivity index (χ3n) is 5.52. The molecule has 0 aliphatic carbocycles. The summed E-state index contributed by atoms with van der Waals surface area (Å²) in [4.78, 5) is 15.1. The molecule has 0 bridgehead atoms. The molecule has 1 aliphatic rings. The van der Waals surface area contributed by atoms with Gasteiger partial charge < -0.3 is 9.32 Å². The van der Waals surface area contributed by atoms with Crippen LogP contribution < -0.4 is 0 Å². The Kier molecular flexibility index (Phi) is 4.28. The SMILES string of the molecule is CCc1ccc(C2c3c(-c4ccccc4)n[nH]c3C(=O)N2Cc2ccco2)cc1. The van der Waals surface area contributed by atoms with Gasteiger partial charge in [0.15, 0.2) is 0 Å². The number of carbonyl (C=O) groups is 1. The quantitative estimate of drug-likeness (QED) is 0.529. The van der Waals surface area contributed by atoms with Crippen LogP contribution >= 0.6 is 0 Å². The molecule has 1 N–H and O–H groups in total. The van der Waals surface area contributed by atoms with Gasteiger partial charge in [-0.25, -0.2) is 0 Å². The highest BCUT2D eigenvalue weighted by Gasteiger charge is 2.42. The summed E-state index contributed by atoms with van der Waals surface area (Å²) in [5.74, 6) is 0.698. The minimum Gasteiger partial charge on any atom is -0.467 e. The number of H-pyrrole nitrogens is 1. The second-order valence-corrected chi connectivity index (χ2v) is 7.24. The standard InChI is InChI=1S/C24H21N3O2/c1-2-16-10-12-18(13-11-16)23-20-21(17-7-4-3-5-8-17)25-26-22(20)24(28)27(23)15-19-9-6-14-29-19/h3-14,23H,2,15H2,1H3,(H,25,26). The third kappa shape index (κ3) is 2.95. The van der Waals surface area contributed by atoms with Gasteiger partial charge in [-0.2, -0.15) is 5.10 Å². The summed E-state index contributed by atoms with van der Waals surface area (Å²) in [5, 5.41) is 7.50. The van der Waals surface area contributed by atoms with Crippen LogP contribution in [0.1, 0.15) is 45.9 Å². The summed E-state index contributed by atoms with van der Waals surface area (Å²) in [6, 6.07) is 22.0.